The van der Waals surface area contributed by atoms with Gasteiger partial charge in [-0.15, -0.1) is 11.3 Å². The number of aliphatic hydroxyl groups is 1. The van der Waals surface area contributed by atoms with Crippen LogP contribution in [0.25, 0.3) is 15.8 Å². The number of esters is 1. The van der Waals surface area contributed by atoms with E-state index < -0.39 is 5.97 Å². The van der Waals surface area contributed by atoms with E-state index in [1.807, 2.05) is 24.3 Å². The molecule has 1 amide bonds. The normalized spacial score (nSPS) is 13.6. The van der Waals surface area contributed by atoms with Crippen molar-refractivity contribution < 1.29 is 19.4 Å². The molecule has 0 radical (unpaired) electrons. The van der Waals surface area contributed by atoms with Crippen LogP contribution in [0.3, 0.4) is 0 Å². The number of carbonyl (C=O) groups is 2. The monoisotopic (exact) mass is 478 g/mol. The van der Waals surface area contributed by atoms with E-state index in [9.17, 15) is 14.7 Å². The summed E-state index contributed by atoms with van der Waals surface area (Å²) in [5.41, 5.74) is 2.19. The van der Waals surface area contributed by atoms with Crippen molar-refractivity contribution in [1.82, 2.24) is 10.3 Å². The van der Waals surface area contributed by atoms with E-state index in [2.05, 4.69) is 17.2 Å². The number of amides is 1. The molecular weight excluding hydrogens is 452 g/mol. The van der Waals surface area contributed by atoms with Crippen LogP contribution in [0.5, 0.6) is 0 Å². The largest absolute Gasteiger partial charge is 0.510 e. The van der Waals surface area contributed by atoms with Crippen molar-refractivity contribution in [3.63, 3.8) is 0 Å². The zero-order valence-electron chi connectivity index (χ0n) is 18.8. The van der Waals surface area contributed by atoms with Gasteiger partial charge in [-0.1, -0.05) is 31.9 Å². The second-order valence-corrected chi connectivity index (χ2v) is 8.95. The van der Waals surface area contributed by atoms with Crippen LogP contribution >= 0.6 is 11.3 Å². The highest BCUT2D eigenvalue weighted by Gasteiger charge is 2.31. The van der Waals surface area contributed by atoms with Gasteiger partial charge in [0.05, 0.1) is 27.9 Å². The summed E-state index contributed by atoms with van der Waals surface area (Å²) < 4.78 is 6.08. The number of aliphatic hydroxyl groups excluding tert-OH is 1. The summed E-state index contributed by atoms with van der Waals surface area (Å²) in [5, 5.41) is 22.5. The molecule has 0 saturated heterocycles. The first-order valence-electron chi connectivity index (χ1n) is 11.2. The van der Waals surface area contributed by atoms with E-state index in [4.69, 9.17) is 10.1 Å². The minimum atomic E-state index is -0.595. The zero-order valence-corrected chi connectivity index (χ0v) is 19.7. The molecule has 2 aromatic carbocycles. The summed E-state index contributed by atoms with van der Waals surface area (Å²) in [6.07, 6.45) is 3.00. The van der Waals surface area contributed by atoms with Gasteiger partial charge in [0.2, 0.25) is 0 Å². The van der Waals surface area contributed by atoms with Crippen LogP contribution in [0.15, 0.2) is 54.3 Å². The number of rotatable bonds is 9. The number of carbonyl (C=O) groups excluding carboxylic acids is 2. The van der Waals surface area contributed by atoms with Crippen LogP contribution in [0.1, 0.15) is 41.6 Å². The lowest BCUT2D eigenvalue weighted by Gasteiger charge is -2.18. The van der Waals surface area contributed by atoms with Crippen molar-refractivity contribution in [2.75, 3.05) is 24.6 Å². The number of nitrogens with zero attached hydrogens (tertiary/aromatic N) is 2. The molecule has 0 atom stereocenters. The molecule has 1 aromatic heterocycles. The Morgan fingerprint density at radius 2 is 1.94 bits per heavy atom. The van der Waals surface area contributed by atoms with Crippen molar-refractivity contribution >= 4 is 50.5 Å². The second-order valence-electron chi connectivity index (χ2n) is 7.92. The number of thiazole rings is 1. The molecule has 9 heteroatoms. The summed E-state index contributed by atoms with van der Waals surface area (Å²) in [6, 6.07) is 14.2. The number of unbranched alkanes of at least 4 members (excludes halogenated alkanes) is 2. The van der Waals surface area contributed by atoms with Gasteiger partial charge in [-0.2, -0.15) is 0 Å². The number of amidine groups is 1. The van der Waals surface area contributed by atoms with E-state index >= 15 is 0 Å². The Morgan fingerprint density at radius 3 is 2.68 bits per heavy atom. The van der Waals surface area contributed by atoms with Gasteiger partial charge in [0.1, 0.15) is 16.6 Å². The van der Waals surface area contributed by atoms with E-state index in [1.165, 1.54) is 11.3 Å². The fourth-order valence-electron chi connectivity index (χ4n) is 3.65. The topological polar surface area (TPSA) is 116 Å². The molecule has 0 fully saturated rings. The Kier molecular flexibility index (Phi) is 7.22. The van der Waals surface area contributed by atoms with Crippen LogP contribution in [0.2, 0.25) is 0 Å². The molecule has 1 aliphatic rings. The van der Waals surface area contributed by atoms with Gasteiger partial charge in [-0.25, -0.2) is 9.78 Å². The quantitative estimate of drug-likeness (QED) is 0.307. The van der Waals surface area contributed by atoms with E-state index in [0.29, 0.717) is 28.4 Å². The maximum atomic E-state index is 12.3. The molecule has 3 aromatic rings. The van der Waals surface area contributed by atoms with Crippen LogP contribution in [-0.2, 0) is 9.53 Å². The molecule has 0 aliphatic carbocycles. The van der Waals surface area contributed by atoms with Crippen molar-refractivity contribution in [3.05, 3.63) is 64.9 Å². The summed E-state index contributed by atoms with van der Waals surface area (Å²) in [7, 11) is 0. The summed E-state index contributed by atoms with van der Waals surface area (Å²) in [5.74, 6) is -0.692. The van der Waals surface area contributed by atoms with Gasteiger partial charge in [0.25, 0.3) is 5.91 Å². The van der Waals surface area contributed by atoms with Crippen molar-refractivity contribution in [3.8, 4) is 0 Å². The molecule has 0 saturated carbocycles. The molecule has 2 heterocycles. The van der Waals surface area contributed by atoms with Crippen molar-refractivity contribution in [2.24, 2.45) is 0 Å². The number of nitrogens with one attached hydrogen (secondary N) is 2. The van der Waals surface area contributed by atoms with Crippen LogP contribution in [-0.4, -0.2) is 47.5 Å². The number of fused-ring (bicyclic) bond motifs is 1. The van der Waals surface area contributed by atoms with Gasteiger partial charge in [0, 0.05) is 12.2 Å². The van der Waals surface area contributed by atoms with E-state index in [0.717, 1.165) is 29.5 Å². The Bertz CT molecular complexity index is 1220. The lowest BCUT2D eigenvalue weighted by molar-refractivity contribution is -0.124. The Labute approximate surface area is 201 Å². The fraction of sp³-hybridized carbons (Fsp3) is 0.280. The average Bonchev–Trinajstić information content (AvgIpc) is 3.40. The van der Waals surface area contributed by atoms with Crippen LogP contribution < -0.4 is 10.2 Å². The molecule has 176 valence electrons. The number of hydrogen-bond acceptors (Lipinski definition) is 7. The number of aromatic nitrogens is 1. The molecule has 3 N–H and O–H groups in total. The standard InChI is InChI=1S/C25H26N4O4S/c1-2-3-6-13-27-21(31)15-33-25(32)16-9-11-17(12-10-16)29-14-19(30)22(23(29)26)24-28-18-7-4-5-8-20(18)34-24/h4-5,7-12,26,30H,2-3,6,13-15H2,1H3,(H,27,31). The molecule has 0 unspecified atom stereocenters. The highest BCUT2D eigenvalue weighted by molar-refractivity contribution is 7.19. The number of para-hydroxylation sites is 1. The molecular formula is C25H26N4O4S. The number of anilines is 1. The molecule has 0 bridgehead atoms. The van der Waals surface area contributed by atoms with Crippen molar-refractivity contribution in [1.29, 1.82) is 5.41 Å². The molecule has 34 heavy (non-hydrogen) atoms. The third-order valence-corrected chi connectivity index (χ3v) is 6.52. The van der Waals surface area contributed by atoms with Gasteiger partial charge in [-0.3, -0.25) is 10.2 Å². The number of hydrogen-bond donors (Lipinski definition) is 3. The number of ether oxygens (including phenoxy) is 1. The minimum absolute atomic E-state index is 0.0810. The van der Waals surface area contributed by atoms with Crippen LogP contribution in [0.4, 0.5) is 5.69 Å². The third kappa shape index (κ3) is 5.09. The first kappa shape index (κ1) is 23.4. The fourth-order valence-corrected chi connectivity index (χ4v) is 4.68. The maximum absolute atomic E-state index is 12.3. The highest BCUT2D eigenvalue weighted by atomic mass is 32.1. The van der Waals surface area contributed by atoms with Crippen LogP contribution in [0, 0.1) is 5.41 Å². The van der Waals surface area contributed by atoms with Gasteiger partial charge >= 0.3 is 5.97 Å². The van der Waals surface area contributed by atoms with Gasteiger partial charge < -0.3 is 20.1 Å². The number of benzene rings is 2. The minimum Gasteiger partial charge on any atom is -0.510 e. The lowest BCUT2D eigenvalue weighted by Crippen LogP contribution is -2.29. The molecule has 1 aliphatic heterocycles. The first-order valence-corrected chi connectivity index (χ1v) is 12.0. The van der Waals surface area contributed by atoms with Gasteiger partial charge in [0.15, 0.2) is 6.61 Å². The van der Waals surface area contributed by atoms with E-state index in [1.54, 1.807) is 29.2 Å². The third-order valence-electron chi connectivity index (χ3n) is 5.46. The Balaban J connectivity index is 1.37. The smallest absolute Gasteiger partial charge is 0.338 e. The first-order chi connectivity index (χ1) is 16.5. The van der Waals surface area contributed by atoms with E-state index in [-0.39, 0.29) is 30.7 Å². The highest BCUT2D eigenvalue weighted by Crippen LogP contribution is 2.35. The predicted molar refractivity (Wildman–Crippen MR) is 134 cm³/mol. The predicted octanol–water partition coefficient (Wildman–Crippen LogP) is 4.53. The second kappa shape index (κ2) is 10.5. The Hall–Kier alpha value is -3.72. The molecule has 4 rings (SSSR count). The van der Waals surface area contributed by atoms with Gasteiger partial charge in [-0.05, 0) is 42.8 Å². The average molecular weight is 479 g/mol. The maximum Gasteiger partial charge on any atom is 0.338 e. The summed E-state index contributed by atoms with van der Waals surface area (Å²) in [4.78, 5) is 30.3. The van der Waals surface area contributed by atoms with Crippen molar-refractivity contribution in [2.45, 2.75) is 26.2 Å². The summed E-state index contributed by atoms with van der Waals surface area (Å²) in [6.45, 7) is 2.47. The molecule has 0 spiro atoms. The Morgan fingerprint density at radius 1 is 1.18 bits per heavy atom. The SMILES string of the molecule is CCCCCNC(=O)COC(=O)c1ccc(N2CC(O)=C(c3nc4ccccc4s3)C2=N)cc1. The molecule has 8 nitrogen and oxygen atoms in total. The lowest BCUT2D eigenvalue weighted by atomic mass is 10.2. The zero-order chi connectivity index (χ0) is 24.1. The summed E-state index contributed by atoms with van der Waals surface area (Å²) >= 11 is 1.43.